The van der Waals surface area contributed by atoms with Gasteiger partial charge in [-0.2, -0.15) is 13.2 Å². The zero-order valence-electron chi connectivity index (χ0n) is 19.3. The second-order valence-corrected chi connectivity index (χ2v) is 7.95. The number of nitrogens with zero attached hydrogens (tertiary/aromatic N) is 2. The first-order valence-electron chi connectivity index (χ1n) is 11.0. The van der Waals surface area contributed by atoms with Gasteiger partial charge in [0, 0.05) is 24.0 Å². The Bertz CT molecular complexity index is 1200. The Balaban J connectivity index is 1.59. The van der Waals surface area contributed by atoms with E-state index in [9.17, 15) is 22.8 Å². The molecule has 0 aliphatic heterocycles. The third kappa shape index (κ3) is 6.87. The average Bonchev–Trinajstić information content (AvgIpc) is 3.16. The lowest BCUT2D eigenvalue weighted by atomic mass is 9.97. The zero-order valence-corrected chi connectivity index (χ0v) is 19.3. The third-order valence-corrected chi connectivity index (χ3v) is 5.28. The van der Waals surface area contributed by atoms with Gasteiger partial charge in [0.25, 0.3) is 5.56 Å². The molecule has 0 saturated carbocycles. The van der Waals surface area contributed by atoms with Crippen LogP contribution in [0.4, 0.5) is 13.2 Å². The van der Waals surface area contributed by atoms with Crippen molar-refractivity contribution in [3.63, 3.8) is 0 Å². The van der Waals surface area contributed by atoms with Crippen LogP contribution >= 0.6 is 0 Å². The highest BCUT2D eigenvalue weighted by Crippen LogP contribution is 2.32. The Morgan fingerprint density at radius 1 is 1.23 bits per heavy atom. The summed E-state index contributed by atoms with van der Waals surface area (Å²) in [5.74, 6) is 0.172. The highest BCUT2D eigenvalue weighted by atomic mass is 19.4. The molecule has 2 N–H and O–H groups in total. The van der Waals surface area contributed by atoms with Gasteiger partial charge < -0.3 is 14.6 Å². The monoisotopic (exact) mass is 493 g/mol. The van der Waals surface area contributed by atoms with Crippen molar-refractivity contribution < 1.29 is 32.5 Å². The van der Waals surface area contributed by atoms with Gasteiger partial charge >= 0.3 is 12.1 Å². The van der Waals surface area contributed by atoms with Crippen LogP contribution in [0.1, 0.15) is 49.3 Å². The highest BCUT2D eigenvalue weighted by molar-refractivity contribution is 5.68. The maximum Gasteiger partial charge on any atom is 0.417 e. The van der Waals surface area contributed by atoms with Crippen LogP contribution in [0.2, 0.25) is 0 Å². The summed E-state index contributed by atoms with van der Waals surface area (Å²) in [6.45, 7) is 4.38. The third-order valence-electron chi connectivity index (χ3n) is 5.28. The number of benzene rings is 1. The number of alkyl halides is 3. The Morgan fingerprint density at radius 3 is 2.63 bits per heavy atom. The molecule has 3 rings (SSSR count). The maximum atomic E-state index is 12.7. The fourth-order valence-electron chi connectivity index (χ4n) is 3.54. The SMILES string of the molecule is CCOc1cc(OCCCc2cn(-c3ccc(C(F)(F)F)cn3)[nH]c2=O)ccc1C(C)CC(=O)O. The molecule has 8 nitrogen and oxygen atoms in total. The van der Waals surface area contributed by atoms with Crippen LogP contribution in [-0.2, 0) is 17.4 Å². The molecule has 1 aromatic carbocycles. The number of carboxylic acid groups (broad SMARTS) is 1. The van der Waals surface area contributed by atoms with Crippen molar-refractivity contribution in [3.8, 4) is 17.3 Å². The summed E-state index contributed by atoms with van der Waals surface area (Å²) in [6, 6.07) is 7.34. The summed E-state index contributed by atoms with van der Waals surface area (Å²) >= 11 is 0. The lowest BCUT2D eigenvalue weighted by Gasteiger charge is -2.16. The molecule has 1 unspecified atom stereocenters. The number of aliphatic carboxylic acids is 1. The summed E-state index contributed by atoms with van der Waals surface area (Å²) in [5.41, 5.74) is 0.00147. The van der Waals surface area contributed by atoms with Crippen LogP contribution in [0.25, 0.3) is 5.82 Å². The van der Waals surface area contributed by atoms with E-state index in [0.717, 1.165) is 11.6 Å². The molecule has 3 aromatic rings. The highest BCUT2D eigenvalue weighted by Gasteiger charge is 2.30. The molecule has 0 fully saturated rings. The molecular formula is C24H26F3N3O5. The molecule has 11 heteroatoms. The number of pyridine rings is 1. The van der Waals surface area contributed by atoms with E-state index in [4.69, 9.17) is 14.6 Å². The molecule has 0 saturated heterocycles. The zero-order chi connectivity index (χ0) is 25.6. The molecule has 2 aromatic heterocycles. The number of aromatic nitrogens is 3. The number of aromatic amines is 1. The van der Waals surface area contributed by atoms with E-state index in [0.29, 0.717) is 49.3 Å². The number of aryl methyl sites for hydroxylation is 1. The fourth-order valence-corrected chi connectivity index (χ4v) is 3.54. The molecule has 0 aliphatic rings. The molecule has 0 radical (unpaired) electrons. The summed E-state index contributed by atoms with van der Waals surface area (Å²) in [4.78, 5) is 27.0. The number of H-pyrrole nitrogens is 1. The first kappa shape index (κ1) is 25.9. The van der Waals surface area contributed by atoms with Crippen LogP contribution in [0, 0.1) is 0 Å². The smallest absolute Gasteiger partial charge is 0.417 e. The summed E-state index contributed by atoms with van der Waals surface area (Å²) in [7, 11) is 0. The fraction of sp³-hybridized carbons (Fsp3) is 0.375. The van der Waals surface area contributed by atoms with Gasteiger partial charge in [-0.25, -0.2) is 9.67 Å². The van der Waals surface area contributed by atoms with Crippen molar-refractivity contribution in [1.29, 1.82) is 0 Å². The molecule has 0 bridgehead atoms. The Morgan fingerprint density at radius 2 is 2.00 bits per heavy atom. The second kappa shape index (κ2) is 11.1. The van der Waals surface area contributed by atoms with Gasteiger partial charge in [-0.1, -0.05) is 13.0 Å². The predicted molar refractivity (Wildman–Crippen MR) is 121 cm³/mol. The molecule has 1 atom stereocenters. The number of hydrogen-bond acceptors (Lipinski definition) is 5. The lowest BCUT2D eigenvalue weighted by Crippen LogP contribution is -2.10. The quantitative estimate of drug-likeness (QED) is 0.379. The molecule has 2 heterocycles. The Labute approximate surface area is 199 Å². The van der Waals surface area contributed by atoms with Crippen LogP contribution in [0.15, 0.2) is 47.5 Å². The number of hydrogen-bond donors (Lipinski definition) is 2. The standard InChI is InChI=1S/C24H26F3N3O5/c1-3-34-20-12-18(7-8-19(20)15(2)11-22(31)32)35-10-4-5-16-14-30(29-23(16)33)21-9-6-17(13-28-21)24(25,26)27/h6-9,12-15H,3-5,10-11H2,1-2H3,(H,29,33)(H,31,32). The van der Waals surface area contributed by atoms with Gasteiger partial charge in [-0.3, -0.25) is 14.7 Å². The molecule has 0 aliphatic carbocycles. The Kier molecular flexibility index (Phi) is 8.21. The molecular weight excluding hydrogens is 467 g/mol. The molecule has 0 amide bonds. The van der Waals surface area contributed by atoms with E-state index >= 15 is 0 Å². The average molecular weight is 493 g/mol. The number of rotatable bonds is 11. The van der Waals surface area contributed by atoms with Crippen molar-refractivity contribution in [2.24, 2.45) is 0 Å². The van der Waals surface area contributed by atoms with Crippen molar-refractivity contribution >= 4 is 5.97 Å². The van der Waals surface area contributed by atoms with E-state index in [2.05, 4.69) is 10.1 Å². The van der Waals surface area contributed by atoms with E-state index in [-0.39, 0.29) is 23.7 Å². The van der Waals surface area contributed by atoms with Gasteiger partial charge in [-0.05, 0) is 49.4 Å². The van der Waals surface area contributed by atoms with Crippen LogP contribution < -0.4 is 15.0 Å². The summed E-state index contributed by atoms with van der Waals surface area (Å²) < 4.78 is 50.8. The van der Waals surface area contributed by atoms with Gasteiger partial charge in [0.05, 0.1) is 25.2 Å². The topological polar surface area (TPSA) is 106 Å². The first-order chi connectivity index (χ1) is 16.6. The van der Waals surface area contributed by atoms with Gasteiger partial charge in [0.2, 0.25) is 0 Å². The number of carbonyl (C=O) groups is 1. The maximum absolute atomic E-state index is 12.7. The predicted octanol–water partition coefficient (Wildman–Crippen LogP) is 4.57. The number of ether oxygens (including phenoxy) is 2. The molecule has 35 heavy (non-hydrogen) atoms. The number of carboxylic acids is 1. The van der Waals surface area contributed by atoms with E-state index in [1.165, 1.54) is 16.9 Å². The molecule has 188 valence electrons. The number of nitrogens with one attached hydrogen (secondary N) is 1. The van der Waals surface area contributed by atoms with Gasteiger partial charge in [0.1, 0.15) is 11.5 Å². The van der Waals surface area contributed by atoms with Gasteiger partial charge in [0.15, 0.2) is 5.82 Å². The van der Waals surface area contributed by atoms with Crippen LogP contribution in [0.3, 0.4) is 0 Å². The minimum Gasteiger partial charge on any atom is -0.493 e. The van der Waals surface area contributed by atoms with E-state index in [1.807, 2.05) is 13.8 Å². The van der Waals surface area contributed by atoms with Crippen molar-refractivity contribution in [3.05, 3.63) is 69.8 Å². The van der Waals surface area contributed by atoms with Crippen molar-refractivity contribution in [1.82, 2.24) is 14.8 Å². The molecule has 0 spiro atoms. The van der Waals surface area contributed by atoms with Crippen molar-refractivity contribution in [2.75, 3.05) is 13.2 Å². The minimum atomic E-state index is -4.48. The summed E-state index contributed by atoms with van der Waals surface area (Å²) in [6.07, 6.45) is -1.39. The van der Waals surface area contributed by atoms with E-state index < -0.39 is 17.7 Å². The van der Waals surface area contributed by atoms with Crippen LogP contribution in [0.5, 0.6) is 11.5 Å². The number of halogens is 3. The largest absolute Gasteiger partial charge is 0.493 e. The summed E-state index contributed by atoms with van der Waals surface area (Å²) in [5, 5.41) is 11.6. The van der Waals surface area contributed by atoms with E-state index in [1.54, 1.807) is 18.2 Å². The van der Waals surface area contributed by atoms with Crippen LogP contribution in [-0.4, -0.2) is 39.1 Å². The van der Waals surface area contributed by atoms with Gasteiger partial charge in [-0.15, -0.1) is 0 Å². The van der Waals surface area contributed by atoms with Crippen molar-refractivity contribution in [2.45, 2.75) is 45.2 Å². The Hall–Kier alpha value is -3.76. The normalized spacial score (nSPS) is 12.4. The lowest BCUT2D eigenvalue weighted by molar-refractivity contribution is -0.138. The minimum absolute atomic E-state index is 0.0174. The second-order valence-electron chi connectivity index (χ2n) is 7.95. The first-order valence-corrected chi connectivity index (χ1v) is 11.0.